The summed E-state index contributed by atoms with van der Waals surface area (Å²) in [6.07, 6.45) is 3.35. The van der Waals surface area contributed by atoms with Crippen molar-refractivity contribution in [3.8, 4) is 0 Å². The Hall–Kier alpha value is -0.260. The normalized spacial score (nSPS) is 11.4. The fourth-order valence-corrected chi connectivity index (χ4v) is 0.858. The number of hydrogen-bond acceptors (Lipinski definition) is 4. The molecule has 0 bridgehead atoms. The summed E-state index contributed by atoms with van der Waals surface area (Å²) in [7, 11) is 0. The number of rotatable bonds is 5. The van der Waals surface area contributed by atoms with Crippen LogP contribution in [0.3, 0.4) is 0 Å². The third-order valence-corrected chi connectivity index (χ3v) is 1.82. The lowest BCUT2D eigenvalue weighted by Gasteiger charge is -2.02. The highest BCUT2D eigenvalue weighted by molar-refractivity contribution is 7.98. The summed E-state index contributed by atoms with van der Waals surface area (Å²) in [5.74, 6) is -0.1000. The Balaban J connectivity index is 0. The van der Waals surface area contributed by atoms with E-state index < -0.39 is 12.0 Å². The summed E-state index contributed by atoms with van der Waals surface area (Å²) in [5.41, 5.74) is 5.19. The number of thioether (sulfide) groups is 1. The van der Waals surface area contributed by atoms with E-state index in [2.05, 4.69) is 0 Å². The molecular formula is C8H19NO3S. The molecule has 0 amide bonds. The summed E-state index contributed by atoms with van der Waals surface area (Å²) in [5, 5.41) is 16.1. The van der Waals surface area contributed by atoms with Crippen LogP contribution >= 0.6 is 11.8 Å². The zero-order valence-corrected chi connectivity index (χ0v) is 9.01. The summed E-state index contributed by atoms with van der Waals surface area (Å²) in [6, 6.07) is -0.683. The molecule has 0 aromatic heterocycles. The van der Waals surface area contributed by atoms with Crippen molar-refractivity contribution in [2.45, 2.75) is 25.8 Å². The molecule has 0 aliphatic rings. The molecule has 0 radical (unpaired) electrons. The van der Waals surface area contributed by atoms with Crippen molar-refractivity contribution in [3.63, 3.8) is 0 Å². The number of aliphatic carboxylic acids is 1. The number of carbonyl (C=O) groups is 1. The van der Waals surface area contributed by atoms with Crippen LogP contribution < -0.4 is 5.73 Å². The molecular weight excluding hydrogens is 190 g/mol. The minimum atomic E-state index is -0.913. The first-order valence-corrected chi connectivity index (χ1v) is 5.57. The first-order valence-electron chi connectivity index (χ1n) is 4.18. The highest BCUT2D eigenvalue weighted by atomic mass is 32.2. The molecule has 0 heterocycles. The van der Waals surface area contributed by atoms with Crippen molar-refractivity contribution < 1.29 is 15.0 Å². The van der Waals surface area contributed by atoms with E-state index in [1.54, 1.807) is 11.8 Å². The Morgan fingerprint density at radius 1 is 1.62 bits per heavy atom. The zero-order chi connectivity index (χ0) is 10.7. The molecule has 0 aliphatic carbocycles. The average Bonchev–Trinajstić information content (AvgIpc) is 2.14. The Kier molecular flexibility index (Phi) is 13.7. The van der Waals surface area contributed by atoms with Gasteiger partial charge in [-0.15, -0.1) is 0 Å². The number of aliphatic hydroxyl groups excluding tert-OH is 1. The van der Waals surface area contributed by atoms with Crippen LogP contribution in [0.2, 0.25) is 0 Å². The van der Waals surface area contributed by atoms with E-state index in [9.17, 15) is 4.79 Å². The van der Waals surface area contributed by atoms with E-state index in [1.165, 1.54) is 0 Å². The Bertz CT molecular complexity index is 120. The van der Waals surface area contributed by atoms with Gasteiger partial charge in [0.15, 0.2) is 0 Å². The highest BCUT2D eigenvalue weighted by Gasteiger charge is 2.08. The molecule has 0 aliphatic heterocycles. The van der Waals surface area contributed by atoms with Gasteiger partial charge in [-0.05, 0) is 24.9 Å². The van der Waals surface area contributed by atoms with Crippen LogP contribution in [0.5, 0.6) is 0 Å². The van der Waals surface area contributed by atoms with Crippen molar-refractivity contribution in [1.29, 1.82) is 0 Å². The van der Waals surface area contributed by atoms with Crippen molar-refractivity contribution in [3.05, 3.63) is 0 Å². The number of nitrogens with two attached hydrogens (primary N) is 1. The van der Waals surface area contributed by atoms with E-state index in [0.29, 0.717) is 13.0 Å². The van der Waals surface area contributed by atoms with Gasteiger partial charge in [0.2, 0.25) is 0 Å². The van der Waals surface area contributed by atoms with Gasteiger partial charge < -0.3 is 15.9 Å². The van der Waals surface area contributed by atoms with Gasteiger partial charge in [-0.25, -0.2) is 0 Å². The van der Waals surface area contributed by atoms with Gasteiger partial charge in [0.25, 0.3) is 0 Å². The molecule has 1 atom stereocenters. The van der Waals surface area contributed by atoms with Crippen LogP contribution in [0, 0.1) is 0 Å². The van der Waals surface area contributed by atoms with Gasteiger partial charge >= 0.3 is 5.97 Å². The van der Waals surface area contributed by atoms with E-state index in [1.807, 2.05) is 13.2 Å². The summed E-state index contributed by atoms with van der Waals surface area (Å²) in [6.45, 7) is 2.25. The second kappa shape index (κ2) is 11.7. The first kappa shape index (κ1) is 15.2. The molecule has 5 heteroatoms. The fourth-order valence-electron chi connectivity index (χ4n) is 0.368. The van der Waals surface area contributed by atoms with Crippen molar-refractivity contribution in [2.75, 3.05) is 18.6 Å². The molecule has 0 aromatic rings. The molecule has 0 aromatic carbocycles. The van der Waals surface area contributed by atoms with Crippen molar-refractivity contribution >= 4 is 17.7 Å². The fraction of sp³-hybridized carbons (Fsp3) is 0.875. The van der Waals surface area contributed by atoms with E-state index in [-0.39, 0.29) is 0 Å². The third-order valence-electron chi connectivity index (χ3n) is 1.17. The monoisotopic (exact) mass is 209 g/mol. The number of carboxylic acids is 1. The molecule has 1 unspecified atom stereocenters. The maximum absolute atomic E-state index is 10.1. The summed E-state index contributed by atoms with van der Waals surface area (Å²) in [4.78, 5) is 10.1. The van der Waals surface area contributed by atoms with Crippen molar-refractivity contribution in [2.24, 2.45) is 5.73 Å². The molecule has 0 saturated heterocycles. The molecule has 0 spiro atoms. The van der Waals surface area contributed by atoms with Gasteiger partial charge in [0.1, 0.15) is 6.04 Å². The smallest absolute Gasteiger partial charge is 0.320 e. The quantitative estimate of drug-likeness (QED) is 0.615. The molecule has 4 N–H and O–H groups in total. The van der Waals surface area contributed by atoms with Crippen molar-refractivity contribution in [1.82, 2.24) is 0 Å². The largest absolute Gasteiger partial charge is 0.480 e. The average molecular weight is 209 g/mol. The lowest BCUT2D eigenvalue weighted by atomic mass is 10.2. The molecule has 0 rings (SSSR count). The van der Waals surface area contributed by atoms with E-state index in [4.69, 9.17) is 15.9 Å². The van der Waals surface area contributed by atoms with Gasteiger partial charge in [-0.3, -0.25) is 4.79 Å². The number of carboxylic acid groups (broad SMARTS) is 1. The second-order valence-corrected chi connectivity index (χ2v) is 3.44. The van der Waals surface area contributed by atoms with Crippen LogP contribution in [0.1, 0.15) is 19.8 Å². The SMILES string of the molecule is CCCO.CSCCC(N)C(=O)O. The van der Waals surface area contributed by atoms with Gasteiger partial charge in [-0.1, -0.05) is 6.92 Å². The molecule has 13 heavy (non-hydrogen) atoms. The highest BCUT2D eigenvalue weighted by Crippen LogP contribution is 1.97. The van der Waals surface area contributed by atoms with E-state index in [0.717, 1.165) is 12.2 Å². The van der Waals surface area contributed by atoms with Crippen LogP contribution in [0.4, 0.5) is 0 Å². The van der Waals surface area contributed by atoms with Gasteiger partial charge in [0.05, 0.1) is 0 Å². The van der Waals surface area contributed by atoms with Crippen LogP contribution in [0.25, 0.3) is 0 Å². The minimum Gasteiger partial charge on any atom is -0.480 e. The Morgan fingerprint density at radius 3 is 2.31 bits per heavy atom. The van der Waals surface area contributed by atoms with Gasteiger partial charge in [-0.2, -0.15) is 11.8 Å². The standard InChI is InChI=1S/C5H11NO2S.C3H8O/c1-9-3-2-4(6)5(7)8;1-2-3-4/h4H,2-3,6H2,1H3,(H,7,8);4H,2-3H2,1H3. The minimum absolute atomic E-state index is 0.319. The Labute approximate surface area is 83.5 Å². The number of hydrogen-bond donors (Lipinski definition) is 3. The predicted molar refractivity (Wildman–Crippen MR) is 56.0 cm³/mol. The maximum Gasteiger partial charge on any atom is 0.320 e. The maximum atomic E-state index is 10.1. The lowest BCUT2D eigenvalue weighted by molar-refractivity contribution is -0.138. The predicted octanol–water partition coefficient (Wildman–Crippen LogP) is 0.540. The van der Waals surface area contributed by atoms with E-state index >= 15 is 0 Å². The third kappa shape index (κ3) is 14.6. The summed E-state index contributed by atoms with van der Waals surface area (Å²) >= 11 is 1.60. The second-order valence-electron chi connectivity index (χ2n) is 2.45. The zero-order valence-electron chi connectivity index (χ0n) is 8.19. The Morgan fingerprint density at radius 2 is 2.08 bits per heavy atom. The topological polar surface area (TPSA) is 83.5 Å². The first-order chi connectivity index (χ1) is 6.09. The molecule has 80 valence electrons. The van der Waals surface area contributed by atoms with Crippen LogP contribution in [-0.2, 0) is 4.79 Å². The number of aliphatic hydroxyl groups is 1. The molecule has 0 saturated carbocycles. The van der Waals surface area contributed by atoms with Crippen LogP contribution in [-0.4, -0.2) is 40.8 Å². The molecule has 0 fully saturated rings. The molecule has 4 nitrogen and oxygen atoms in total. The van der Waals surface area contributed by atoms with Crippen LogP contribution in [0.15, 0.2) is 0 Å². The summed E-state index contributed by atoms with van der Waals surface area (Å²) < 4.78 is 0. The lowest BCUT2D eigenvalue weighted by Crippen LogP contribution is -2.30. The van der Waals surface area contributed by atoms with Gasteiger partial charge in [0, 0.05) is 6.61 Å².